The number of nitrogens with zero attached hydrogens (tertiary/aromatic N) is 3. The zero-order valence-corrected chi connectivity index (χ0v) is 18.6. The molecule has 1 aliphatic rings. The number of aryl methyl sites for hydroxylation is 1. The summed E-state index contributed by atoms with van der Waals surface area (Å²) in [4.78, 5) is 31.3. The third-order valence-electron chi connectivity index (χ3n) is 5.04. The average molecular weight is 477 g/mol. The lowest BCUT2D eigenvalue weighted by Crippen LogP contribution is -2.19. The van der Waals surface area contributed by atoms with E-state index in [0.29, 0.717) is 20.7 Å². The zero-order valence-electron chi connectivity index (χ0n) is 16.2. The summed E-state index contributed by atoms with van der Waals surface area (Å²) >= 11 is 4.88. The fraction of sp³-hybridized carbons (Fsp3) is 0.400. The van der Waals surface area contributed by atoms with Crippen molar-refractivity contribution >= 4 is 49.8 Å². The van der Waals surface area contributed by atoms with Crippen molar-refractivity contribution in [3.63, 3.8) is 0 Å². The molecule has 7 nitrogen and oxygen atoms in total. The second-order valence-corrected chi connectivity index (χ2v) is 8.94. The van der Waals surface area contributed by atoms with Gasteiger partial charge in [0.2, 0.25) is 0 Å². The maximum Gasteiger partial charge on any atom is 0.341 e. The van der Waals surface area contributed by atoms with Crippen LogP contribution in [0.25, 0.3) is 5.65 Å². The van der Waals surface area contributed by atoms with Gasteiger partial charge in [-0.2, -0.15) is 5.10 Å². The SMILES string of the molecule is CCC(C)OC(=O)c1c(NC(=O)c2nn3cccnc3c2Br)sc2c1CCCC2. The summed E-state index contributed by atoms with van der Waals surface area (Å²) in [6.07, 6.45) is 7.79. The van der Waals surface area contributed by atoms with E-state index in [0.717, 1.165) is 42.5 Å². The first-order valence-electron chi connectivity index (χ1n) is 9.65. The Morgan fingerprint density at radius 1 is 1.38 bits per heavy atom. The molecule has 3 aromatic heterocycles. The molecule has 1 N–H and O–H groups in total. The second-order valence-electron chi connectivity index (χ2n) is 7.04. The van der Waals surface area contributed by atoms with Crippen molar-refractivity contribution in [2.45, 2.75) is 52.1 Å². The number of hydrogen-bond acceptors (Lipinski definition) is 6. The maximum absolute atomic E-state index is 13.0. The van der Waals surface area contributed by atoms with Gasteiger partial charge in [-0.05, 0) is 66.6 Å². The van der Waals surface area contributed by atoms with Crippen LogP contribution in [-0.2, 0) is 17.6 Å². The number of thiophene rings is 1. The van der Waals surface area contributed by atoms with Gasteiger partial charge in [0, 0.05) is 17.3 Å². The standard InChI is InChI=1S/C20H21BrN4O3S/c1-3-11(2)28-20(27)14-12-7-4-5-8-13(12)29-19(14)23-18(26)16-15(21)17-22-9-6-10-25(17)24-16/h6,9-11H,3-5,7-8H2,1-2H3,(H,23,26). The van der Waals surface area contributed by atoms with Crippen LogP contribution in [0.1, 0.15) is 64.4 Å². The highest BCUT2D eigenvalue weighted by molar-refractivity contribution is 9.10. The molecule has 0 fully saturated rings. The molecule has 4 rings (SSSR count). The molecule has 0 saturated heterocycles. The van der Waals surface area contributed by atoms with Crippen LogP contribution < -0.4 is 5.32 Å². The third kappa shape index (κ3) is 3.81. The largest absolute Gasteiger partial charge is 0.459 e. The molecule has 1 unspecified atom stereocenters. The number of rotatable bonds is 5. The summed E-state index contributed by atoms with van der Waals surface area (Å²) in [6, 6.07) is 1.74. The molecular weight excluding hydrogens is 456 g/mol. The van der Waals surface area contributed by atoms with Gasteiger partial charge in [0.25, 0.3) is 5.91 Å². The zero-order chi connectivity index (χ0) is 20.5. The van der Waals surface area contributed by atoms with E-state index in [9.17, 15) is 9.59 Å². The van der Waals surface area contributed by atoms with Crippen LogP contribution in [0.5, 0.6) is 0 Å². The van der Waals surface area contributed by atoms with E-state index in [1.807, 2.05) is 13.8 Å². The van der Waals surface area contributed by atoms with E-state index in [1.165, 1.54) is 15.9 Å². The predicted octanol–water partition coefficient (Wildman–Crippen LogP) is 4.64. The molecule has 1 aliphatic carbocycles. The minimum atomic E-state index is -0.390. The maximum atomic E-state index is 13.0. The number of fused-ring (bicyclic) bond motifs is 2. The van der Waals surface area contributed by atoms with Crippen molar-refractivity contribution in [1.82, 2.24) is 14.6 Å². The van der Waals surface area contributed by atoms with Crippen molar-refractivity contribution in [2.24, 2.45) is 0 Å². The van der Waals surface area contributed by atoms with Crippen LogP contribution in [0.15, 0.2) is 22.9 Å². The molecule has 0 bridgehead atoms. The van der Waals surface area contributed by atoms with Crippen molar-refractivity contribution < 1.29 is 14.3 Å². The molecule has 0 radical (unpaired) electrons. The lowest BCUT2D eigenvalue weighted by molar-refractivity contribution is 0.0335. The number of ether oxygens (including phenoxy) is 1. The summed E-state index contributed by atoms with van der Waals surface area (Å²) in [5, 5.41) is 7.75. The molecule has 0 spiro atoms. The van der Waals surface area contributed by atoms with Gasteiger partial charge in [0.1, 0.15) is 5.00 Å². The van der Waals surface area contributed by atoms with Crippen LogP contribution in [-0.4, -0.2) is 32.6 Å². The van der Waals surface area contributed by atoms with Crippen LogP contribution in [0.2, 0.25) is 0 Å². The predicted molar refractivity (Wildman–Crippen MR) is 115 cm³/mol. The number of carbonyl (C=O) groups excluding carboxylic acids is 2. The fourth-order valence-corrected chi connectivity index (χ4v) is 5.18. The highest BCUT2D eigenvalue weighted by Crippen LogP contribution is 2.39. The highest BCUT2D eigenvalue weighted by atomic mass is 79.9. The molecule has 0 aliphatic heterocycles. The monoisotopic (exact) mass is 476 g/mol. The Morgan fingerprint density at radius 2 is 2.17 bits per heavy atom. The van der Waals surface area contributed by atoms with Gasteiger partial charge in [0.05, 0.1) is 16.1 Å². The van der Waals surface area contributed by atoms with E-state index in [4.69, 9.17) is 4.74 Å². The molecule has 9 heteroatoms. The first-order chi connectivity index (χ1) is 14.0. The fourth-order valence-electron chi connectivity index (χ4n) is 3.36. The van der Waals surface area contributed by atoms with Gasteiger partial charge in [-0.15, -0.1) is 11.3 Å². The van der Waals surface area contributed by atoms with Gasteiger partial charge in [-0.25, -0.2) is 14.3 Å². The Morgan fingerprint density at radius 3 is 2.93 bits per heavy atom. The molecule has 152 valence electrons. The summed E-state index contributed by atoms with van der Waals surface area (Å²) in [5.41, 5.74) is 2.28. The van der Waals surface area contributed by atoms with Gasteiger partial charge in [-0.1, -0.05) is 6.92 Å². The molecule has 3 aromatic rings. The Hall–Kier alpha value is -2.26. The number of hydrogen-bond donors (Lipinski definition) is 1. The first-order valence-corrected chi connectivity index (χ1v) is 11.3. The summed E-state index contributed by atoms with van der Waals surface area (Å²) in [5.74, 6) is -0.761. The second kappa shape index (κ2) is 8.23. The van der Waals surface area contributed by atoms with Crippen LogP contribution in [0, 0.1) is 0 Å². The Kier molecular flexibility index (Phi) is 5.69. The number of carbonyl (C=O) groups is 2. The van der Waals surface area contributed by atoms with E-state index >= 15 is 0 Å². The van der Waals surface area contributed by atoms with E-state index < -0.39 is 5.91 Å². The van der Waals surface area contributed by atoms with Gasteiger partial charge < -0.3 is 10.1 Å². The van der Waals surface area contributed by atoms with E-state index in [1.54, 1.807) is 18.5 Å². The van der Waals surface area contributed by atoms with Gasteiger partial charge >= 0.3 is 5.97 Å². The van der Waals surface area contributed by atoms with E-state index in [-0.39, 0.29) is 17.8 Å². The average Bonchev–Trinajstić information content (AvgIpc) is 3.25. The minimum Gasteiger partial charge on any atom is -0.459 e. The summed E-state index contributed by atoms with van der Waals surface area (Å²) in [7, 11) is 0. The third-order valence-corrected chi connectivity index (χ3v) is 6.98. The van der Waals surface area contributed by atoms with Crippen LogP contribution in [0.3, 0.4) is 0 Å². The van der Waals surface area contributed by atoms with Crippen molar-refractivity contribution in [2.75, 3.05) is 5.32 Å². The number of esters is 1. The van der Waals surface area contributed by atoms with E-state index in [2.05, 4.69) is 31.3 Å². The molecule has 1 amide bonds. The van der Waals surface area contributed by atoms with Crippen molar-refractivity contribution in [1.29, 1.82) is 0 Å². The van der Waals surface area contributed by atoms with Crippen molar-refractivity contribution in [3.8, 4) is 0 Å². The van der Waals surface area contributed by atoms with Gasteiger partial charge in [0.15, 0.2) is 11.3 Å². The normalized spacial score (nSPS) is 14.4. The summed E-state index contributed by atoms with van der Waals surface area (Å²) < 4.78 is 7.64. The number of halogens is 1. The first kappa shape index (κ1) is 20.0. The lowest BCUT2D eigenvalue weighted by atomic mass is 9.95. The topological polar surface area (TPSA) is 85.6 Å². The highest BCUT2D eigenvalue weighted by Gasteiger charge is 2.29. The Labute approximate surface area is 180 Å². The Balaban J connectivity index is 1.68. The summed E-state index contributed by atoms with van der Waals surface area (Å²) in [6.45, 7) is 3.84. The van der Waals surface area contributed by atoms with Crippen LogP contribution >= 0.6 is 27.3 Å². The van der Waals surface area contributed by atoms with Crippen molar-refractivity contribution in [3.05, 3.63) is 44.6 Å². The molecule has 3 heterocycles. The molecule has 1 atom stereocenters. The number of aromatic nitrogens is 3. The smallest absolute Gasteiger partial charge is 0.341 e. The molecule has 0 saturated carbocycles. The molecular formula is C20H21BrN4O3S. The number of nitrogens with one attached hydrogen (secondary N) is 1. The number of anilines is 1. The molecule has 29 heavy (non-hydrogen) atoms. The minimum absolute atomic E-state index is 0.177. The quantitative estimate of drug-likeness (QED) is 0.542. The Bertz CT molecular complexity index is 1090. The molecule has 0 aromatic carbocycles. The lowest BCUT2D eigenvalue weighted by Gasteiger charge is -2.15. The van der Waals surface area contributed by atoms with Gasteiger partial charge in [-0.3, -0.25) is 4.79 Å². The number of amides is 1. The van der Waals surface area contributed by atoms with Crippen LogP contribution in [0.4, 0.5) is 5.00 Å².